The summed E-state index contributed by atoms with van der Waals surface area (Å²) < 4.78 is 10.3. The molecule has 4 heteroatoms. The Morgan fingerprint density at radius 1 is 0.833 bits per heavy atom. The highest BCUT2D eigenvalue weighted by Crippen LogP contribution is 2.32. The fraction of sp³-hybridized carbons (Fsp3) is 0.600. The predicted molar refractivity (Wildman–Crippen MR) is 93.3 cm³/mol. The van der Waals surface area contributed by atoms with Crippen molar-refractivity contribution in [2.75, 3.05) is 13.2 Å². The number of esters is 2. The summed E-state index contributed by atoms with van der Waals surface area (Å²) in [6.45, 7) is 3.90. The molecular weight excluding hydrogens is 304 g/mol. The van der Waals surface area contributed by atoms with Crippen LogP contribution in [-0.4, -0.2) is 25.2 Å². The summed E-state index contributed by atoms with van der Waals surface area (Å²) >= 11 is 0. The molecule has 4 nitrogen and oxygen atoms in total. The average molecular weight is 332 g/mol. The largest absolute Gasteiger partial charge is 0.465 e. The van der Waals surface area contributed by atoms with Crippen molar-refractivity contribution in [1.29, 1.82) is 0 Å². The molecule has 0 saturated heterocycles. The fourth-order valence-corrected chi connectivity index (χ4v) is 2.51. The minimum Gasteiger partial charge on any atom is -0.465 e. The first-order valence-corrected chi connectivity index (χ1v) is 8.80. The van der Waals surface area contributed by atoms with Gasteiger partial charge in [-0.15, -0.1) is 11.5 Å². The summed E-state index contributed by atoms with van der Waals surface area (Å²) in [5.41, 5.74) is 4.80. The zero-order chi connectivity index (χ0) is 17.7. The molecule has 0 heterocycles. The molecule has 1 rings (SSSR count). The van der Waals surface area contributed by atoms with E-state index in [4.69, 9.17) is 9.47 Å². The molecule has 0 atom stereocenters. The van der Waals surface area contributed by atoms with E-state index < -0.39 is 17.4 Å². The molecule has 0 unspecified atom stereocenters. The van der Waals surface area contributed by atoms with Crippen molar-refractivity contribution in [2.45, 2.75) is 58.8 Å². The van der Waals surface area contributed by atoms with Gasteiger partial charge in [0.2, 0.25) is 0 Å². The van der Waals surface area contributed by atoms with Crippen LogP contribution in [0.1, 0.15) is 58.8 Å². The molecule has 1 aliphatic carbocycles. The first kappa shape index (κ1) is 20.0. The number of carbonyl (C=O) groups is 2. The average Bonchev–Trinajstić information content (AvgIpc) is 2.57. The van der Waals surface area contributed by atoms with Crippen LogP contribution in [0.5, 0.6) is 0 Å². The van der Waals surface area contributed by atoms with Crippen molar-refractivity contribution in [1.82, 2.24) is 0 Å². The van der Waals surface area contributed by atoms with Crippen LogP contribution in [0.4, 0.5) is 0 Å². The monoisotopic (exact) mass is 332 g/mol. The number of ether oxygens (including phenoxy) is 2. The zero-order valence-corrected chi connectivity index (χ0v) is 14.8. The molecule has 0 aromatic carbocycles. The molecule has 0 bridgehead atoms. The van der Waals surface area contributed by atoms with Gasteiger partial charge in [0.05, 0.1) is 13.2 Å². The number of hydrogen-bond donors (Lipinski definition) is 0. The zero-order valence-electron chi connectivity index (χ0n) is 14.8. The van der Waals surface area contributed by atoms with E-state index in [9.17, 15) is 9.59 Å². The van der Waals surface area contributed by atoms with Gasteiger partial charge in [0.15, 0.2) is 5.41 Å². The maximum absolute atomic E-state index is 12.5. The van der Waals surface area contributed by atoms with Gasteiger partial charge < -0.3 is 9.47 Å². The number of allylic oxidation sites excluding steroid dienone is 2. The Morgan fingerprint density at radius 3 is 1.71 bits per heavy atom. The maximum atomic E-state index is 12.5. The fourth-order valence-electron chi connectivity index (χ4n) is 2.51. The van der Waals surface area contributed by atoms with Crippen molar-refractivity contribution in [3.63, 3.8) is 0 Å². The normalized spacial score (nSPS) is 17.9. The lowest BCUT2D eigenvalue weighted by molar-refractivity contribution is -0.171. The Hall–Kier alpha value is -2.02. The van der Waals surface area contributed by atoms with E-state index in [2.05, 4.69) is 11.5 Å². The van der Waals surface area contributed by atoms with Crippen molar-refractivity contribution in [3.05, 3.63) is 35.8 Å². The summed E-state index contributed by atoms with van der Waals surface area (Å²) in [6, 6.07) is 0. The molecule has 0 amide bonds. The molecule has 132 valence electrons. The lowest BCUT2D eigenvalue weighted by Gasteiger charge is -2.26. The van der Waals surface area contributed by atoms with E-state index in [1.807, 2.05) is 12.2 Å². The van der Waals surface area contributed by atoms with Crippen molar-refractivity contribution < 1.29 is 19.1 Å². The molecule has 0 aromatic rings. The molecule has 0 aromatic heterocycles. The van der Waals surface area contributed by atoms with Gasteiger partial charge in [-0.1, -0.05) is 6.42 Å². The van der Waals surface area contributed by atoms with Gasteiger partial charge in [0.25, 0.3) is 0 Å². The van der Waals surface area contributed by atoms with E-state index in [1.165, 1.54) is 6.42 Å². The third-order valence-corrected chi connectivity index (χ3v) is 3.90. The van der Waals surface area contributed by atoms with Crippen molar-refractivity contribution in [2.24, 2.45) is 5.41 Å². The summed E-state index contributed by atoms with van der Waals surface area (Å²) in [5, 5.41) is 0. The maximum Gasteiger partial charge on any atom is 0.324 e. The van der Waals surface area contributed by atoms with Gasteiger partial charge >= 0.3 is 11.9 Å². The molecule has 0 aliphatic heterocycles. The lowest BCUT2D eigenvalue weighted by Crippen LogP contribution is -2.41. The Morgan fingerprint density at radius 2 is 1.29 bits per heavy atom. The molecule has 0 fully saturated rings. The second kappa shape index (κ2) is 11.5. The molecule has 0 spiro atoms. The second-order valence-electron chi connectivity index (χ2n) is 5.72. The third kappa shape index (κ3) is 6.23. The highest BCUT2D eigenvalue weighted by atomic mass is 16.6. The van der Waals surface area contributed by atoms with Crippen LogP contribution in [0.15, 0.2) is 35.8 Å². The molecule has 0 N–H and O–H groups in total. The molecule has 0 saturated carbocycles. The Balaban J connectivity index is 3.17. The van der Waals surface area contributed by atoms with Gasteiger partial charge in [0.1, 0.15) is 0 Å². The summed E-state index contributed by atoms with van der Waals surface area (Å²) in [4.78, 5) is 25.1. The number of carbonyl (C=O) groups excluding carboxylic acids is 2. The molecule has 0 radical (unpaired) electrons. The minimum atomic E-state index is -1.36. The van der Waals surface area contributed by atoms with Crippen LogP contribution >= 0.6 is 0 Å². The summed E-state index contributed by atoms with van der Waals surface area (Å²) in [6.07, 6.45) is 13.1. The molecule has 1 aliphatic rings. The van der Waals surface area contributed by atoms with Crippen molar-refractivity contribution in [3.8, 4) is 0 Å². The number of hydrogen-bond acceptors (Lipinski definition) is 4. The first-order chi connectivity index (χ1) is 11.7. The van der Waals surface area contributed by atoms with Crippen LogP contribution in [0.2, 0.25) is 0 Å². The Labute approximate surface area is 144 Å². The minimum absolute atomic E-state index is 0.208. The smallest absolute Gasteiger partial charge is 0.324 e. The van der Waals surface area contributed by atoms with Gasteiger partial charge in [-0.25, -0.2) is 0 Å². The van der Waals surface area contributed by atoms with Crippen LogP contribution in [0, 0.1) is 5.41 Å². The van der Waals surface area contributed by atoms with E-state index in [-0.39, 0.29) is 26.1 Å². The van der Waals surface area contributed by atoms with Crippen LogP contribution < -0.4 is 0 Å². The molecular formula is C20H28O4. The number of rotatable bonds is 4. The van der Waals surface area contributed by atoms with Gasteiger partial charge in [-0.2, -0.15) is 0 Å². The van der Waals surface area contributed by atoms with E-state index >= 15 is 0 Å². The topological polar surface area (TPSA) is 52.6 Å². The standard InChI is InChI=1S/C20H28O4/c1-3-23-18(21)20(19(22)24-4-2)16-14-12-10-8-6-5-7-9-11-13-15-17-20/h10-11,14-15H,3-9,16-17H2,1-2H3. The van der Waals surface area contributed by atoms with Gasteiger partial charge in [-0.3, -0.25) is 9.59 Å². The highest BCUT2D eigenvalue weighted by molar-refractivity contribution is 6.00. The van der Waals surface area contributed by atoms with Crippen LogP contribution in [0.25, 0.3) is 0 Å². The summed E-state index contributed by atoms with van der Waals surface area (Å²) in [5.74, 6) is -1.10. The SMILES string of the molecule is CCOC(=O)C1(C(=O)OCC)CC=C=CCCCCCC=C=CC1. The predicted octanol–water partition coefficient (Wildman–Crippen LogP) is 4.27. The van der Waals surface area contributed by atoms with Gasteiger partial charge in [-0.05, 0) is 76.7 Å². The van der Waals surface area contributed by atoms with Crippen LogP contribution in [-0.2, 0) is 19.1 Å². The third-order valence-electron chi connectivity index (χ3n) is 3.90. The lowest BCUT2D eigenvalue weighted by atomic mass is 9.80. The first-order valence-electron chi connectivity index (χ1n) is 8.80. The Bertz CT molecular complexity index is 484. The quantitative estimate of drug-likeness (QED) is 0.438. The Kier molecular flexibility index (Phi) is 9.60. The van der Waals surface area contributed by atoms with Crippen LogP contribution in [0.3, 0.4) is 0 Å². The summed E-state index contributed by atoms with van der Waals surface area (Å²) in [7, 11) is 0. The van der Waals surface area contributed by atoms with E-state index in [0.717, 1.165) is 25.7 Å². The molecule has 24 heavy (non-hydrogen) atoms. The second-order valence-corrected chi connectivity index (χ2v) is 5.72. The van der Waals surface area contributed by atoms with Crippen molar-refractivity contribution >= 4 is 11.9 Å². The highest BCUT2D eigenvalue weighted by Gasteiger charge is 2.47. The van der Waals surface area contributed by atoms with E-state index in [1.54, 1.807) is 26.0 Å². The van der Waals surface area contributed by atoms with E-state index in [0.29, 0.717) is 0 Å². The van der Waals surface area contributed by atoms with Gasteiger partial charge in [0, 0.05) is 0 Å².